The van der Waals surface area contributed by atoms with Crippen molar-refractivity contribution < 1.29 is 14.3 Å². The monoisotopic (exact) mass is 414 g/mol. The number of amides is 1. The fraction of sp³-hybridized carbons (Fsp3) is 0.333. The number of thiophene rings is 1. The normalized spacial score (nSPS) is 15.9. The molecule has 7 heteroatoms. The van der Waals surface area contributed by atoms with E-state index < -0.39 is 0 Å². The third-order valence-electron chi connectivity index (χ3n) is 5.21. The number of hydrogen-bond acceptors (Lipinski definition) is 6. The highest BCUT2D eigenvalue weighted by molar-refractivity contribution is 7.20. The summed E-state index contributed by atoms with van der Waals surface area (Å²) >= 11 is 3.13. The molecular weight excluding hydrogens is 392 g/mol. The summed E-state index contributed by atoms with van der Waals surface area (Å²) in [5.41, 5.74) is 1.55. The third kappa shape index (κ3) is 3.97. The third-order valence-corrected chi connectivity index (χ3v) is 7.09. The van der Waals surface area contributed by atoms with Crippen molar-refractivity contribution in [1.82, 2.24) is 10.3 Å². The smallest absolute Gasteiger partial charge is 0.270 e. The average Bonchev–Trinajstić information content (AvgIpc) is 3.44. The van der Waals surface area contributed by atoms with Crippen molar-refractivity contribution in [3.63, 3.8) is 0 Å². The lowest BCUT2D eigenvalue weighted by molar-refractivity contribution is 0.0486. The number of ether oxygens (including phenoxy) is 2. The summed E-state index contributed by atoms with van der Waals surface area (Å²) in [5.74, 6) is 0.706. The molecule has 0 radical (unpaired) electrons. The van der Waals surface area contributed by atoms with Crippen molar-refractivity contribution in [3.05, 3.63) is 58.4 Å². The van der Waals surface area contributed by atoms with Gasteiger partial charge in [0, 0.05) is 30.6 Å². The first-order chi connectivity index (χ1) is 13.7. The Bertz CT molecular complexity index is 914. The quantitative estimate of drug-likeness (QED) is 0.651. The van der Waals surface area contributed by atoms with Crippen LogP contribution in [0, 0.1) is 0 Å². The topological polar surface area (TPSA) is 60.5 Å². The number of carbonyl (C=O) groups is 1. The molecule has 0 unspecified atom stereocenters. The second kappa shape index (κ2) is 8.43. The Morgan fingerprint density at radius 3 is 2.68 bits per heavy atom. The molecule has 1 aliphatic heterocycles. The van der Waals surface area contributed by atoms with Crippen molar-refractivity contribution in [2.45, 2.75) is 18.3 Å². The van der Waals surface area contributed by atoms with E-state index >= 15 is 0 Å². The first-order valence-corrected chi connectivity index (χ1v) is 11.0. The van der Waals surface area contributed by atoms with Crippen LogP contribution < -0.4 is 10.1 Å². The molecule has 28 heavy (non-hydrogen) atoms. The number of aromatic nitrogens is 1. The van der Waals surface area contributed by atoms with Crippen LogP contribution >= 0.6 is 22.7 Å². The van der Waals surface area contributed by atoms with Gasteiger partial charge in [-0.3, -0.25) is 4.79 Å². The lowest BCUT2D eigenvalue weighted by Gasteiger charge is -2.38. The zero-order valence-corrected chi connectivity index (χ0v) is 17.3. The minimum Gasteiger partial charge on any atom is -0.497 e. The van der Waals surface area contributed by atoms with Gasteiger partial charge in [-0.2, -0.15) is 0 Å². The second-order valence-corrected chi connectivity index (χ2v) is 8.62. The second-order valence-electron chi connectivity index (χ2n) is 6.82. The Kier molecular flexibility index (Phi) is 5.75. The molecule has 1 amide bonds. The Hall–Kier alpha value is -2.22. The zero-order chi connectivity index (χ0) is 19.4. The summed E-state index contributed by atoms with van der Waals surface area (Å²) in [6.07, 6.45) is 1.74. The Labute approximate surface area is 172 Å². The Morgan fingerprint density at radius 1 is 1.21 bits per heavy atom. The number of rotatable bonds is 6. The first kappa shape index (κ1) is 19.1. The van der Waals surface area contributed by atoms with Gasteiger partial charge < -0.3 is 14.8 Å². The predicted octanol–water partition coefficient (Wildman–Crippen LogP) is 4.36. The number of methoxy groups -OCH3 is 1. The van der Waals surface area contributed by atoms with Crippen LogP contribution in [-0.2, 0) is 10.2 Å². The average molecular weight is 415 g/mol. The van der Waals surface area contributed by atoms with Gasteiger partial charge in [-0.05, 0) is 42.0 Å². The van der Waals surface area contributed by atoms with Crippen molar-refractivity contribution in [2.24, 2.45) is 0 Å². The fourth-order valence-corrected chi connectivity index (χ4v) is 5.12. The molecule has 1 fully saturated rings. The van der Waals surface area contributed by atoms with E-state index in [1.54, 1.807) is 18.4 Å². The molecule has 5 nitrogen and oxygen atoms in total. The number of nitrogens with one attached hydrogen (secondary N) is 1. The van der Waals surface area contributed by atoms with Gasteiger partial charge in [0.1, 0.15) is 16.5 Å². The van der Waals surface area contributed by atoms with E-state index in [2.05, 4.69) is 22.4 Å². The highest BCUT2D eigenvalue weighted by atomic mass is 32.1. The van der Waals surface area contributed by atoms with Crippen LogP contribution in [0.5, 0.6) is 5.75 Å². The molecule has 0 atom stereocenters. The van der Waals surface area contributed by atoms with Gasteiger partial charge in [-0.25, -0.2) is 4.98 Å². The van der Waals surface area contributed by atoms with Crippen molar-refractivity contribution in [3.8, 4) is 15.6 Å². The molecule has 1 aliphatic rings. The SMILES string of the molecule is COc1ccc(C2(CNC(=O)c3csc(-c4cccs4)n3)CCOCC2)cc1. The summed E-state index contributed by atoms with van der Waals surface area (Å²) < 4.78 is 10.9. The van der Waals surface area contributed by atoms with Gasteiger partial charge in [-0.15, -0.1) is 22.7 Å². The molecule has 146 valence electrons. The fourth-order valence-electron chi connectivity index (χ4n) is 3.51. The maximum atomic E-state index is 12.7. The molecule has 0 spiro atoms. The first-order valence-electron chi connectivity index (χ1n) is 9.20. The molecule has 1 saturated heterocycles. The largest absolute Gasteiger partial charge is 0.497 e. The maximum Gasteiger partial charge on any atom is 0.270 e. The van der Waals surface area contributed by atoms with Gasteiger partial charge in [0.15, 0.2) is 0 Å². The predicted molar refractivity (Wildman–Crippen MR) is 112 cm³/mol. The van der Waals surface area contributed by atoms with E-state index in [9.17, 15) is 4.79 Å². The van der Waals surface area contributed by atoms with Gasteiger partial charge >= 0.3 is 0 Å². The minimum absolute atomic E-state index is 0.126. The van der Waals surface area contributed by atoms with E-state index in [0.717, 1.165) is 28.5 Å². The number of nitrogens with zero attached hydrogens (tertiary/aromatic N) is 1. The van der Waals surface area contributed by atoms with Crippen LogP contribution in [0.4, 0.5) is 0 Å². The van der Waals surface area contributed by atoms with Crippen LogP contribution in [0.1, 0.15) is 28.9 Å². The van der Waals surface area contributed by atoms with Crippen molar-refractivity contribution in [2.75, 3.05) is 26.9 Å². The Morgan fingerprint density at radius 2 is 2.00 bits per heavy atom. The molecule has 4 rings (SSSR count). The van der Waals surface area contributed by atoms with Crippen LogP contribution in [0.15, 0.2) is 47.2 Å². The van der Waals surface area contributed by atoms with Crippen molar-refractivity contribution in [1.29, 1.82) is 0 Å². The van der Waals surface area contributed by atoms with Gasteiger partial charge in [0.25, 0.3) is 5.91 Å². The van der Waals surface area contributed by atoms with E-state index in [4.69, 9.17) is 9.47 Å². The van der Waals surface area contributed by atoms with E-state index in [1.807, 2.05) is 35.0 Å². The molecule has 1 aromatic carbocycles. The number of hydrogen-bond donors (Lipinski definition) is 1. The molecular formula is C21H22N2O3S2. The maximum absolute atomic E-state index is 12.7. The minimum atomic E-state index is -0.132. The highest BCUT2D eigenvalue weighted by Crippen LogP contribution is 2.35. The van der Waals surface area contributed by atoms with Crippen molar-refractivity contribution >= 4 is 28.6 Å². The molecule has 0 bridgehead atoms. The van der Waals surface area contributed by atoms with Gasteiger partial charge in [-0.1, -0.05) is 18.2 Å². The summed E-state index contributed by atoms with van der Waals surface area (Å²) in [7, 11) is 1.66. The number of benzene rings is 1. The summed E-state index contributed by atoms with van der Waals surface area (Å²) in [4.78, 5) is 18.3. The highest BCUT2D eigenvalue weighted by Gasteiger charge is 2.35. The summed E-state index contributed by atoms with van der Waals surface area (Å²) in [6.45, 7) is 1.95. The van der Waals surface area contributed by atoms with E-state index in [-0.39, 0.29) is 11.3 Å². The van der Waals surface area contributed by atoms with Crippen LogP contribution in [0.2, 0.25) is 0 Å². The van der Waals surface area contributed by atoms with Crippen LogP contribution in [-0.4, -0.2) is 37.8 Å². The van der Waals surface area contributed by atoms with E-state index in [0.29, 0.717) is 25.5 Å². The molecule has 3 heterocycles. The molecule has 2 aromatic heterocycles. The molecule has 3 aromatic rings. The lowest BCUT2D eigenvalue weighted by Crippen LogP contribution is -2.44. The van der Waals surface area contributed by atoms with Crippen LogP contribution in [0.3, 0.4) is 0 Å². The summed E-state index contributed by atoms with van der Waals surface area (Å²) in [6, 6.07) is 12.1. The van der Waals surface area contributed by atoms with E-state index in [1.165, 1.54) is 16.9 Å². The Balaban J connectivity index is 1.49. The number of carbonyl (C=O) groups excluding carboxylic acids is 1. The molecule has 0 aliphatic carbocycles. The van der Waals surface area contributed by atoms with Gasteiger partial charge in [0.2, 0.25) is 0 Å². The zero-order valence-electron chi connectivity index (χ0n) is 15.6. The lowest BCUT2D eigenvalue weighted by atomic mass is 9.74. The standard InChI is InChI=1S/C21H22N2O3S2/c1-25-16-6-4-15(5-7-16)21(8-10-26-11-9-21)14-22-19(24)17-13-28-20(23-17)18-3-2-12-27-18/h2-7,12-13H,8-11,14H2,1H3,(H,22,24). The molecule has 0 saturated carbocycles. The van der Waals surface area contributed by atoms with Gasteiger partial charge in [0.05, 0.1) is 12.0 Å². The number of thiazole rings is 1. The summed E-state index contributed by atoms with van der Waals surface area (Å²) in [5, 5.41) is 7.84. The molecule has 1 N–H and O–H groups in total. The van der Waals surface area contributed by atoms with Crippen LogP contribution in [0.25, 0.3) is 9.88 Å².